The summed E-state index contributed by atoms with van der Waals surface area (Å²) in [6.07, 6.45) is -0.00242. The molecule has 0 aromatic heterocycles. The summed E-state index contributed by atoms with van der Waals surface area (Å²) in [4.78, 5) is 2.33. The quantitative estimate of drug-likeness (QED) is 0.788. The first kappa shape index (κ1) is 19.9. The highest BCUT2D eigenvalue weighted by Crippen LogP contribution is 2.29. The number of likely N-dealkylation sites (N-methyl/N-ethyl adjacent to an activating group) is 1. The van der Waals surface area contributed by atoms with Crippen molar-refractivity contribution in [3.8, 4) is 5.75 Å². The van der Waals surface area contributed by atoms with E-state index in [0.29, 0.717) is 17.3 Å². The third-order valence-electron chi connectivity index (χ3n) is 4.55. The molecule has 27 heavy (non-hydrogen) atoms. The second-order valence-electron chi connectivity index (χ2n) is 6.28. The smallest absolute Gasteiger partial charge is 0.265 e. The summed E-state index contributed by atoms with van der Waals surface area (Å²) in [5.41, 5.74) is 1.49. The van der Waals surface area contributed by atoms with Crippen LogP contribution >= 0.6 is 11.6 Å². The summed E-state index contributed by atoms with van der Waals surface area (Å²) in [7, 11) is -2.41. The van der Waals surface area contributed by atoms with Crippen LogP contribution in [0.15, 0.2) is 47.4 Å². The molecule has 2 aromatic rings. The van der Waals surface area contributed by atoms with Crippen LogP contribution < -0.4 is 9.46 Å². The molecular weight excluding hydrogens is 388 g/mol. The summed E-state index contributed by atoms with van der Waals surface area (Å²) >= 11 is 5.95. The molecule has 6 nitrogen and oxygen atoms in total. The number of sulfonamides is 1. The molecule has 0 bridgehead atoms. The van der Waals surface area contributed by atoms with Gasteiger partial charge in [-0.1, -0.05) is 30.7 Å². The Kier molecular flexibility index (Phi) is 6.26. The summed E-state index contributed by atoms with van der Waals surface area (Å²) < 4.78 is 39.0. The first-order valence-electron chi connectivity index (χ1n) is 8.73. The van der Waals surface area contributed by atoms with E-state index < -0.39 is 10.0 Å². The minimum absolute atomic E-state index is 0.00242. The molecule has 146 valence electrons. The highest BCUT2D eigenvalue weighted by Gasteiger charge is 2.22. The van der Waals surface area contributed by atoms with Gasteiger partial charge in [-0.25, -0.2) is 8.42 Å². The Bertz CT molecular complexity index is 887. The van der Waals surface area contributed by atoms with Gasteiger partial charge < -0.3 is 9.47 Å². The van der Waals surface area contributed by atoms with E-state index in [1.54, 1.807) is 18.2 Å². The minimum Gasteiger partial charge on any atom is -0.495 e. The van der Waals surface area contributed by atoms with Gasteiger partial charge in [-0.15, -0.1) is 0 Å². The van der Waals surface area contributed by atoms with Gasteiger partial charge in [0.25, 0.3) is 10.0 Å². The Morgan fingerprint density at radius 3 is 2.67 bits per heavy atom. The number of anilines is 1. The molecule has 0 saturated carbocycles. The summed E-state index contributed by atoms with van der Waals surface area (Å²) in [6.45, 7) is 5.58. The zero-order chi connectivity index (χ0) is 19.4. The maximum atomic E-state index is 12.7. The monoisotopic (exact) mass is 410 g/mol. The average molecular weight is 411 g/mol. The second-order valence-corrected chi connectivity index (χ2v) is 8.36. The lowest BCUT2D eigenvalue weighted by molar-refractivity contribution is -0.0281. The standard InChI is InChI=1S/C19H23ClN2O4S/c1-3-22-10-11-26-18(13-22)14-4-7-16(8-5-14)21-27(23,24)19-12-15(20)6-9-17(19)25-2/h4-9,12,18,21H,3,10-11,13H2,1-2H3. The molecule has 8 heteroatoms. The third kappa shape index (κ3) is 4.73. The first-order valence-corrected chi connectivity index (χ1v) is 10.6. The van der Waals surface area contributed by atoms with Crippen molar-refractivity contribution in [2.45, 2.75) is 17.9 Å². The Balaban J connectivity index is 1.77. The van der Waals surface area contributed by atoms with Crippen molar-refractivity contribution in [1.29, 1.82) is 0 Å². The van der Waals surface area contributed by atoms with Crippen LogP contribution in [-0.4, -0.2) is 46.7 Å². The van der Waals surface area contributed by atoms with E-state index in [4.69, 9.17) is 21.1 Å². The molecular formula is C19H23ClN2O4S. The van der Waals surface area contributed by atoms with E-state index in [-0.39, 0.29) is 16.7 Å². The Morgan fingerprint density at radius 1 is 1.26 bits per heavy atom. The summed E-state index contributed by atoms with van der Waals surface area (Å²) in [6, 6.07) is 11.7. The molecule has 0 amide bonds. The molecule has 1 heterocycles. The van der Waals surface area contributed by atoms with Crippen LogP contribution in [0.2, 0.25) is 5.02 Å². The van der Waals surface area contributed by atoms with E-state index in [0.717, 1.165) is 25.2 Å². The highest BCUT2D eigenvalue weighted by molar-refractivity contribution is 7.92. The Hall–Kier alpha value is -1.80. The largest absolute Gasteiger partial charge is 0.495 e. The van der Waals surface area contributed by atoms with Gasteiger partial charge in [-0.05, 0) is 42.4 Å². The van der Waals surface area contributed by atoms with E-state index in [1.165, 1.54) is 19.2 Å². The lowest BCUT2D eigenvalue weighted by Gasteiger charge is -2.32. The fourth-order valence-electron chi connectivity index (χ4n) is 3.03. The molecule has 1 aliphatic heterocycles. The van der Waals surface area contributed by atoms with Crippen molar-refractivity contribution in [1.82, 2.24) is 4.90 Å². The lowest BCUT2D eigenvalue weighted by Crippen LogP contribution is -2.38. The molecule has 3 rings (SSSR count). The summed E-state index contributed by atoms with van der Waals surface area (Å²) in [5.74, 6) is 0.235. The fourth-order valence-corrected chi connectivity index (χ4v) is 4.52. The van der Waals surface area contributed by atoms with Gasteiger partial charge in [0, 0.05) is 23.8 Å². The highest BCUT2D eigenvalue weighted by atomic mass is 35.5. The topological polar surface area (TPSA) is 67.9 Å². The van der Waals surface area contributed by atoms with Crippen molar-refractivity contribution in [2.75, 3.05) is 38.1 Å². The van der Waals surface area contributed by atoms with Crippen LogP contribution in [0.5, 0.6) is 5.75 Å². The van der Waals surface area contributed by atoms with Crippen LogP contribution in [0.3, 0.4) is 0 Å². The van der Waals surface area contributed by atoms with Crippen LogP contribution in [0.4, 0.5) is 5.69 Å². The number of methoxy groups -OCH3 is 1. The number of hydrogen-bond donors (Lipinski definition) is 1. The van der Waals surface area contributed by atoms with Crippen molar-refractivity contribution < 1.29 is 17.9 Å². The van der Waals surface area contributed by atoms with Crippen LogP contribution in [0.25, 0.3) is 0 Å². The van der Waals surface area contributed by atoms with Crippen molar-refractivity contribution in [3.05, 3.63) is 53.1 Å². The third-order valence-corrected chi connectivity index (χ3v) is 6.19. The lowest BCUT2D eigenvalue weighted by atomic mass is 10.1. The van der Waals surface area contributed by atoms with E-state index in [9.17, 15) is 8.42 Å². The number of benzene rings is 2. The Morgan fingerprint density at radius 2 is 2.00 bits per heavy atom. The van der Waals surface area contributed by atoms with Gasteiger partial charge in [-0.3, -0.25) is 9.62 Å². The minimum atomic E-state index is -3.83. The number of rotatable bonds is 6. The van der Waals surface area contributed by atoms with Crippen LogP contribution in [0, 0.1) is 0 Å². The van der Waals surface area contributed by atoms with E-state index in [2.05, 4.69) is 16.5 Å². The number of nitrogens with one attached hydrogen (secondary N) is 1. The predicted molar refractivity (Wildman–Crippen MR) is 106 cm³/mol. The number of halogens is 1. The van der Waals surface area contributed by atoms with Gasteiger partial charge >= 0.3 is 0 Å². The number of ether oxygens (including phenoxy) is 2. The summed E-state index contributed by atoms with van der Waals surface area (Å²) in [5, 5.41) is 0.321. The molecule has 1 unspecified atom stereocenters. The molecule has 1 atom stereocenters. The van der Waals surface area contributed by atoms with Gasteiger partial charge in [0.2, 0.25) is 0 Å². The molecule has 0 radical (unpaired) electrons. The van der Waals surface area contributed by atoms with E-state index in [1.807, 2.05) is 12.1 Å². The normalized spacial score (nSPS) is 18.3. The zero-order valence-electron chi connectivity index (χ0n) is 15.3. The average Bonchev–Trinajstić information content (AvgIpc) is 2.68. The van der Waals surface area contributed by atoms with Gasteiger partial charge in [0.1, 0.15) is 10.6 Å². The maximum absolute atomic E-state index is 12.7. The maximum Gasteiger partial charge on any atom is 0.265 e. The van der Waals surface area contributed by atoms with Crippen molar-refractivity contribution in [3.63, 3.8) is 0 Å². The number of hydrogen-bond acceptors (Lipinski definition) is 5. The van der Waals surface area contributed by atoms with Crippen LogP contribution in [-0.2, 0) is 14.8 Å². The van der Waals surface area contributed by atoms with Crippen molar-refractivity contribution >= 4 is 27.3 Å². The van der Waals surface area contributed by atoms with Crippen LogP contribution in [0.1, 0.15) is 18.6 Å². The zero-order valence-corrected chi connectivity index (χ0v) is 16.9. The molecule has 1 fully saturated rings. The number of morpholine rings is 1. The molecule has 0 spiro atoms. The molecule has 1 aliphatic rings. The van der Waals surface area contributed by atoms with Gasteiger partial charge in [0.05, 0.1) is 19.8 Å². The molecule has 2 aromatic carbocycles. The number of nitrogens with zero attached hydrogens (tertiary/aromatic N) is 1. The van der Waals surface area contributed by atoms with Crippen molar-refractivity contribution in [2.24, 2.45) is 0 Å². The van der Waals surface area contributed by atoms with Gasteiger partial charge in [-0.2, -0.15) is 0 Å². The predicted octanol–water partition coefficient (Wildman–Crippen LogP) is 3.54. The molecule has 1 saturated heterocycles. The molecule has 1 N–H and O–H groups in total. The Labute approximate surface area is 165 Å². The molecule has 0 aliphatic carbocycles. The second kappa shape index (κ2) is 8.48. The first-order chi connectivity index (χ1) is 12.9. The van der Waals surface area contributed by atoms with E-state index >= 15 is 0 Å². The van der Waals surface area contributed by atoms with Gasteiger partial charge in [0.15, 0.2) is 0 Å². The fraction of sp³-hybridized carbons (Fsp3) is 0.368. The SMILES string of the molecule is CCN1CCOC(c2ccc(NS(=O)(=O)c3cc(Cl)ccc3OC)cc2)C1.